The van der Waals surface area contributed by atoms with E-state index >= 15 is 0 Å². The van der Waals surface area contributed by atoms with E-state index in [4.69, 9.17) is 12.2 Å². The van der Waals surface area contributed by atoms with Crippen LogP contribution in [0.4, 0.5) is 5.69 Å². The summed E-state index contributed by atoms with van der Waals surface area (Å²) >= 11 is 5.24. The van der Waals surface area contributed by atoms with Gasteiger partial charge in [-0.05, 0) is 42.5 Å². The van der Waals surface area contributed by atoms with Crippen LogP contribution in [0.2, 0.25) is 0 Å². The number of carbonyl (C=O) groups is 1. The number of hydrogen-bond donors (Lipinski definition) is 4. The number of benzene rings is 2. The van der Waals surface area contributed by atoms with Crippen molar-refractivity contribution < 1.29 is 4.79 Å². The number of para-hydroxylation sites is 1. The summed E-state index contributed by atoms with van der Waals surface area (Å²) in [5.74, 6) is -0.262. The highest BCUT2D eigenvalue weighted by Gasteiger charge is 2.09. The molecule has 136 valence electrons. The molecule has 0 aliphatic carbocycles. The first-order chi connectivity index (χ1) is 13.0. The monoisotopic (exact) mass is 381 g/mol. The lowest BCUT2D eigenvalue weighted by Crippen LogP contribution is -2.25. The standard InChI is InChI=1S/C18H15N5O3S/c24-15(19-10-5-6-13-14(9-10)21-17(26)20-13)7-8-23-16(25)11-3-1-2-4-12(11)22-18(23)27/h1-6,9H,7-8H2,(H,19,24)(H,22,27)(H2,20,21,26). The van der Waals surface area contributed by atoms with E-state index in [1.165, 1.54) is 4.57 Å². The maximum atomic E-state index is 12.6. The van der Waals surface area contributed by atoms with E-state index < -0.39 is 0 Å². The second-order valence-corrected chi connectivity index (χ2v) is 6.46. The normalized spacial score (nSPS) is 11.1. The van der Waals surface area contributed by atoms with Gasteiger partial charge in [-0.25, -0.2) is 4.79 Å². The van der Waals surface area contributed by atoms with Gasteiger partial charge in [-0.3, -0.25) is 14.2 Å². The van der Waals surface area contributed by atoms with Crippen molar-refractivity contribution in [3.8, 4) is 0 Å². The van der Waals surface area contributed by atoms with Crippen LogP contribution >= 0.6 is 12.2 Å². The summed E-state index contributed by atoms with van der Waals surface area (Å²) < 4.78 is 1.65. The van der Waals surface area contributed by atoms with Crippen LogP contribution in [0.1, 0.15) is 6.42 Å². The molecule has 0 radical (unpaired) electrons. The third kappa shape index (κ3) is 3.32. The molecule has 27 heavy (non-hydrogen) atoms. The lowest BCUT2D eigenvalue weighted by atomic mass is 10.2. The van der Waals surface area contributed by atoms with Crippen molar-refractivity contribution in [1.29, 1.82) is 0 Å². The van der Waals surface area contributed by atoms with Crippen LogP contribution in [0.25, 0.3) is 21.9 Å². The topological polar surface area (TPSA) is 116 Å². The molecule has 2 aromatic carbocycles. The quantitative estimate of drug-likeness (QED) is 0.406. The number of hydrogen-bond acceptors (Lipinski definition) is 4. The minimum atomic E-state index is -0.307. The smallest absolute Gasteiger partial charge is 0.323 e. The highest BCUT2D eigenvalue weighted by atomic mass is 32.1. The van der Waals surface area contributed by atoms with Crippen LogP contribution in [-0.2, 0) is 11.3 Å². The van der Waals surface area contributed by atoms with Crippen molar-refractivity contribution in [3.63, 3.8) is 0 Å². The summed E-state index contributed by atoms with van der Waals surface area (Å²) in [5, 5.41) is 3.28. The Bertz CT molecular complexity index is 1340. The molecule has 1 amide bonds. The fourth-order valence-corrected chi connectivity index (χ4v) is 3.23. The zero-order valence-electron chi connectivity index (χ0n) is 14.0. The molecule has 0 aliphatic rings. The van der Waals surface area contributed by atoms with Gasteiger partial charge in [-0.1, -0.05) is 12.1 Å². The fraction of sp³-hybridized carbons (Fsp3) is 0.111. The zero-order chi connectivity index (χ0) is 19.0. The van der Waals surface area contributed by atoms with Gasteiger partial charge in [0.05, 0.1) is 21.9 Å². The first kappa shape index (κ1) is 17.0. The summed E-state index contributed by atoms with van der Waals surface area (Å²) in [6.07, 6.45) is 0.0808. The number of aromatic nitrogens is 4. The highest BCUT2D eigenvalue weighted by Crippen LogP contribution is 2.15. The number of aromatic amines is 3. The number of anilines is 1. The van der Waals surface area contributed by atoms with Crippen LogP contribution in [0.5, 0.6) is 0 Å². The molecule has 0 atom stereocenters. The molecule has 8 nitrogen and oxygen atoms in total. The Morgan fingerprint density at radius 3 is 2.63 bits per heavy atom. The van der Waals surface area contributed by atoms with Crippen LogP contribution in [0.15, 0.2) is 52.1 Å². The molecule has 0 bridgehead atoms. The number of carbonyl (C=O) groups excluding carboxylic acids is 1. The van der Waals surface area contributed by atoms with Crippen molar-refractivity contribution >= 4 is 45.7 Å². The second-order valence-electron chi connectivity index (χ2n) is 6.07. The van der Waals surface area contributed by atoms with Crippen LogP contribution in [0, 0.1) is 4.77 Å². The summed E-state index contributed by atoms with van der Waals surface area (Å²) in [6.45, 7) is 0.161. The molecular weight excluding hydrogens is 366 g/mol. The Morgan fingerprint density at radius 2 is 1.78 bits per heavy atom. The molecule has 4 aromatic rings. The summed E-state index contributed by atoms with van der Waals surface area (Å²) in [5.41, 5.74) is 1.95. The maximum absolute atomic E-state index is 12.6. The molecule has 4 rings (SSSR count). The van der Waals surface area contributed by atoms with Gasteiger partial charge < -0.3 is 20.3 Å². The van der Waals surface area contributed by atoms with Crippen molar-refractivity contribution in [2.24, 2.45) is 0 Å². The van der Waals surface area contributed by atoms with E-state index in [1.807, 2.05) is 6.07 Å². The largest absolute Gasteiger partial charge is 0.332 e. The first-order valence-corrected chi connectivity index (χ1v) is 8.66. The average Bonchev–Trinajstić information content (AvgIpc) is 3.01. The fourth-order valence-electron chi connectivity index (χ4n) is 2.95. The predicted molar refractivity (Wildman–Crippen MR) is 106 cm³/mol. The van der Waals surface area contributed by atoms with Gasteiger partial charge in [0.15, 0.2) is 4.77 Å². The lowest BCUT2D eigenvalue weighted by Gasteiger charge is -2.09. The summed E-state index contributed by atoms with van der Waals surface area (Å²) in [4.78, 5) is 44.4. The van der Waals surface area contributed by atoms with Crippen LogP contribution in [0.3, 0.4) is 0 Å². The van der Waals surface area contributed by atoms with Crippen molar-refractivity contribution in [3.05, 3.63) is 68.1 Å². The molecule has 4 N–H and O–H groups in total. The van der Waals surface area contributed by atoms with Gasteiger partial charge in [0.1, 0.15) is 0 Å². The third-order valence-corrected chi connectivity index (χ3v) is 4.57. The maximum Gasteiger partial charge on any atom is 0.323 e. The van der Waals surface area contributed by atoms with Gasteiger partial charge in [0.2, 0.25) is 5.91 Å². The van der Waals surface area contributed by atoms with Gasteiger partial charge >= 0.3 is 5.69 Å². The number of nitrogens with zero attached hydrogens (tertiary/aromatic N) is 1. The van der Waals surface area contributed by atoms with E-state index in [2.05, 4.69) is 20.3 Å². The Labute approximate surface area is 156 Å². The van der Waals surface area contributed by atoms with Crippen molar-refractivity contribution in [2.45, 2.75) is 13.0 Å². The lowest BCUT2D eigenvalue weighted by molar-refractivity contribution is -0.116. The Morgan fingerprint density at radius 1 is 1.00 bits per heavy atom. The molecule has 0 aliphatic heterocycles. The summed E-state index contributed by atoms with van der Waals surface area (Å²) in [6, 6.07) is 12.2. The number of imidazole rings is 1. The molecule has 0 spiro atoms. The molecule has 0 unspecified atom stereocenters. The molecule has 2 heterocycles. The van der Waals surface area contributed by atoms with Gasteiger partial charge in [0.25, 0.3) is 5.56 Å². The Balaban J connectivity index is 1.52. The first-order valence-electron chi connectivity index (χ1n) is 8.25. The average molecular weight is 381 g/mol. The van der Waals surface area contributed by atoms with Crippen LogP contribution in [-0.4, -0.2) is 25.4 Å². The minimum absolute atomic E-state index is 0.0808. The molecular formula is C18H15N5O3S. The van der Waals surface area contributed by atoms with E-state index in [0.29, 0.717) is 27.6 Å². The van der Waals surface area contributed by atoms with Crippen molar-refractivity contribution in [2.75, 3.05) is 5.32 Å². The minimum Gasteiger partial charge on any atom is -0.332 e. The Kier molecular flexibility index (Phi) is 4.21. The van der Waals surface area contributed by atoms with Crippen LogP contribution < -0.4 is 16.6 Å². The van der Waals surface area contributed by atoms with Gasteiger partial charge in [-0.15, -0.1) is 0 Å². The summed E-state index contributed by atoms with van der Waals surface area (Å²) in [7, 11) is 0. The number of fused-ring (bicyclic) bond motifs is 2. The number of amides is 1. The highest BCUT2D eigenvalue weighted by molar-refractivity contribution is 7.71. The van der Waals surface area contributed by atoms with Gasteiger partial charge in [-0.2, -0.15) is 0 Å². The second kappa shape index (κ2) is 6.69. The third-order valence-electron chi connectivity index (χ3n) is 4.25. The molecule has 9 heteroatoms. The SMILES string of the molecule is O=C(CCn1c(=S)[nH]c2ccccc2c1=O)Nc1ccc2[nH]c(=O)[nH]c2c1. The molecule has 0 fully saturated rings. The van der Waals surface area contributed by atoms with E-state index in [1.54, 1.807) is 36.4 Å². The number of rotatable bonds is 4. The predicted octanol–water partition coefficient (Wildman–Crippen LogP) is 2.26. The van der Waals surface area contributed by atoms with E-state index in [0.717, 1.165) is 0 Å². The number of nitrogens with one attached hydrogen (secondary N) is 4. The van der Waals surface area contributed by atoms with Crippen molar-refractivity contribution in [1.82, 2.24) is 19.5 Å². The Hall–Kier alpha value is -3.46. The van der Waals surface area contributed by atoms with Gasteiger partial charge in [0, 0.05) is 18.7 Å². The molecule has 2 aromatic heterocycles. The van der Waals surface area contributed by atoms with E-state index in [9.17, 15) is 14.4 Å². The molecule has 0 saturated carbocycles. The van der Waals surface area contributed by atoms with E-state index in [-0.39, 0.29) is 34.9 Å². The molecule has 0 saturated heterocycles. The zero-order valence-corrected chi connectivity index (χ0v) is 14.9. The number of H-pyrrole nitrogens is 3.